The number of nitrogens with zero attached hydrogens (tertiary/aromatic N) is 2. The molecule has 1 saturated heterocycles. The summed E-state index contributed by atoms with van der Waals surface area (Å²) in [4.78, 5) is 26.0. The number of benzene rings is 2. The molecular formula is C25H27N3O2. The van der Waals surface area contributed by atoms with Crippen LogP contribution in [0.25, 0.3) is 5.69 Å². The average Bonchev–Trinajstić information content (AvgIpc) is 3.30. The molecule has 2 aromatic carbocycles. The normalized spacial score (nSPS) is 14.5. The Kier molecular flexibility index (Phi) is 5.98. The molecule has 1 aliphatic rings. The number of hydrogen-bond donors (Lipinski definition) is 1. The number of aromatic nitrogens is 1. The first-order valence-electron chi connectivity index (χ1n) is 10.5. The first-order valence-corrected chi connectivity index (χ1v) is 10.5. The van der Waals surface area contributed by atoms with Crippen LogP contribution in [0.15, 0.2) is 73.1 Å². The van der Waals surface area contributed by atoms with Gasteiger partial charge in [0.2, 0.25) is 0 Å². The third kappa shape index (κ3) is 4.79. The molecular weight excluding hydrogens is 374 g/mol. The van der Waals surface area contributed by atoms with Crippen molar-refractivity contribution < 1.29 is 9.59 Å². The first-order chi connectivity index (χ1) is 14.6. The molecule has 154 valence electrons. The van der Waals surface area contributed by atoms with Crippen LogP contribution >= 0.6 is 0 Å². The van der Waals surface area contributed by atoms with E-state index in [4.69, 9.17) is 0 Å². The van der Waals surface area contributed by atoms with Crippen LogP contribution in [0.4, 0.5) is 10.5 Å². The van der Waals surface area contributed by atoms with Gasteiger partial charge in [0.1, 0.15) is 0 Å². The van der Waals surface area contributed by atoms with E-state index in [1.807, 2.05) is 35.5 Å². The van der Waals surface area contributed by atoms with Gasteiger partial charge in [-0.15, -0.1) is 0 Å². The fourth-order valence-electron chi connectivity index (χ4n) is 4.00. The highest BCUT2D eigenvalue weighted by Gasteiger charge is 2.23. The fraction of sp³-hybridized carbons (Fsp3) is 0.280. The van der Waals surface area contributed by atoms with Gasteiger partial charge in [-0.25, -0.2) is 4.79 Å². The van der Waals surface area contributed by atoms with E-state index in [1.165, 1.54) is 18.2 Å². The van der Waals surface area contributed by atoms with Crippen molar-refractivity contribution in [2.24, 2.45) is 5.92 Å². The molecule has 3 aromatic rings. The monoisotopic (exact) mass is 401 g/mol. The van der Waals surface area contributed by atoms with Crippen molar-refractivity contribution in [2.75, 3.05) is 18.4 Å². The molecule has 0 bridgehead atoms. The standard InChI is InChI=1S/C25H27N3O2/c1-19(29)22-5-4-6-23(18-22)26-25(30)28-15-11-21(12-16-28)17-20-7-9-24(10-8-20)27-13-2-3-14-27/h2-10,13-14,18,21H,11-12,15-17H2,1H3,(H,26,30). The Balaban J connectivity index is 1.28. The van der Waals surface area contributed by atoms with Gasteiger partial charge >= 0.3 is 6.03 Å². The van der Waals surface area contributed by atoms with Gasteiger partial charge in [-0.2, -0.15) is 0 Å². The van der Waals surface area contributed by atoms with Crippen LogP contribution in [0, 0.1) is 5.92 Å². The summed E-state index contributed by atoms with van der Waals surface area (Å²) in [6.45, 7) is 3.04. The maximum absolute atomic E-state index is 12.6. The van der Waals surface area contributed by atoms with Crippen molar-refractivity contribution in [3.05, 3.63) is 84.2 Å². The second-order valence-electron chi connectivity index (χ2n) is 7.96. The van der Waals surface area contributed by atoms with Crippen LogP contribution < -0.4 is 5.32 Å². The predicted octanol–water partition coefficient (Wildman–Crippen LogP) is 5.17. The zero-order valence-electron chi connectivity index (χ0n) is 17.3. The van der Waals surface area contributed by atoms with Crippen molar-refractivity contribution in [2.45, 2.75) is 26.2 Å². The number of anilines is 1. The Morgan fingerprint density at radius 3 is 2.33 bits per heavy atom. The molecule has 5 nitrogen and oxygen atoms in total. The minimum absolute atomic E-state index is 0.00620. The first kappa shape index (κ1) is 20.0. The number of carbonyl (C=O) groups is 2. The van der Waals surface area contributed by atoms with Gasteiger partial charge in [-0.3, -0.25) is 4.79 Å². The molecule has 0 saturated carbocycles. The van der Waals surface area contributed by atoms with Crippen LogP contribution in [-0.2, 0) is 6.42 Å². The summed E-state index contributed by atoms with van der Waals surface area (Å²) in [5.41, 5.74) is 3.78. The minimum atomic E-state index is -0.0924. The summed E-state index contributed by atoms with van der Waals surface area (Å²) >= 11 is 0. The number of hydrogen-bond acceptors (Lipinski definition) is 2. The Hall–Kier alpha value is -3.34. The van der Waals surface area contributed by atoms with E-state index in [1.54, 1.807) is 18.2 Å². The third-order valence-electron chi connectivity index (χ3n) is 5.79. The fourth-order valence-corrected chi connectivity index (χ4v) is 4.00. The van der Waals surface area contributed by atoms with Crippen LogP contribution in [0.2, 0.25) is 0 Å². The van der Waals surface area contributed by atoms with Gasteiger partial charge in [-0.1, -0.05) is 24.3 Å². The van der Waals surface area contributed by atoms with Crippen molar-refractivity contribution >= 4 is 17.5 Å². The van der Waals surface area contributed by atoms with Gasteiger partial charge in [0.15, 0.2) is 5.78 Å². The number of piperidine rings is 1. The summed E-state index contributed by atoms with van der Waals surface area (Å²) in [5.74, 6) is 0.584. The largest absolute Gasteiger partial charge is 0.325 e. The third-order valence-corrected chi connectivity index (χ3v) is 5.79. The molecule has 2 heterocycles. The predicted molar refractivity (Wildman–Crippen MR) is 119 cm³/mol. The van der Waals surface area contributed by atoms with Gasteiger partial charge in [-0.05, 0) is 74.1 Å². The smallest absolute Gasteiger partial charge is 0.321 e. The second-order valence-corrected chi connectivity index (χ2v) is 7.96. The molecule has 0 atom stereocenters. The second kappa shape index (κ2) is 8.99. The van der Waals surface area contributed by atoms with Crippen molar-refractivity contribution in [3.63, 3.8) is 0 Å². The molecule has 0 aliphatic carbocycles. The van der Waals surface area contributed by atoms with Crippen molar-refractivity contribution in [1.29, 1.82) is 0 Å². The van der Waals surface area contributed by atoms with Crippen LogP contribution in [0.1, 0.15) is 35.7 Å². The summed E-state index contributed by atoms with van der Waals surface area (Å²) < 4.78 is 2.10. The summed E-state index contributed by atoms with van der Waals surface area (Å²) in [6, 6.07) is 19.8. The molecule has 2 amide bonds. The van der Waals surface area contributed by atoms with Crippen LogP contribution in [0.5, 0.6) is 0 Å². The lowest BCUT2D eigenvalue weighted by Gasteiger charge is -2.32. The zero-order valence-corrected chi connectivity index (χ0v) is 17.3. The number of ketones is 1. The topological polar surface area (TPSA) is 54.3 Å². The number of nitrogens with one attached hydrogen (secondary N) is 1. The number of Topliss-reactive ketones (excluding diaryl/α,β-unsaturated/α-hetero) is 1. The van der Waals surface area contributed by atoms with E-state index in [-0.39, 0.29) is 11.8 Å². The quantitative estimate of drug-likeness (QED) is 0.600. The minimum Gasteiger partial charge on any atom is -0.325 e. The van der Waals surface area contributed by atoms with Crippen molar-refractivity contribution in [3.8, 4) is 5.69 Å². The maximum atomic E-state index is 12.6. The average molecular weight is 402 g/mol. The van der Waals surface area contributed by atoms with Gasteiger partial charge in [0.25, 0.3) is 0 Å². The number of carbonyl (C=O) groups excluding carboxylic acids is 2. The molecule has 30 heavy (non-hydrogen) atoms. The van der Waals surface area contributed by atoms with E-state index in [0.717, 1.165) is 32.4 Å². The highest BCUT2D eigenvalue weighted by Crippen LogP contribution is 2.23. The lowest BCUT2D eigenvalue weighted by atomic mass is 9.90. The molecule has 1 N–H and O–H groups in total. The molecule has 0 spiro atoms. The Bertz CT molecular complexity index is 1000. The summed E-state index contributed by atoms with van der Waals surface area (Å²) in [7, 11) is 0. The van der Waals surface area contributed by atoms with E-state index in [0.29, 0.717) is 17.2 Å². The van der Waals surface area contributed by atoms with Gasteiger partial charge < -0.3 is 14.8 Å². The van der Waals surface area contributed by atoms with E-state index in [2.05, 4.69) is 34.1 Å². The number of urea groups is 1. The van der Waals surface area contributed by atoms with Crippen LogP contribution in [-0.4, -0.2) is 34.4 Å². The van der Waals surface area contributed by atoms with E-state index in [9.17, 15) is 9.59 Å². The maximum Gasteiger partial charge on any atom is 0.321 e. The number of amides is 2. The van der Waals surface area contributed by atoms with Gasteiger partial charge in [0, 0.05) is 42.4 Å². The Morgan fingerprint density at radius 1 is 0.967 bits per heavy atom. The molecule has 1 aromatic heterocycles. The molecule has 5 heteroatoms. The molecule has 4 rings (SSSR count). The molecule has 0 radical (unpaired) electrons. The summed E-state index contributed by atoms with van der Waals surface area (Å²) in [6.07, 6.45) is 7.14. The number of rotatable bonds is 5. The van der Waals surface area contributed by atoms with E-state index >= 15 is 0 Å². The molecule has 1 aliphatic heterocycles. The molecule has 1 fully saturated rings. The highest BCUT2D eigenvalue weighted by molar-refractivity contribution is 5.96. The highest BCUT2D eigenvalue weighted by atomic mass is 16.2. The lowest BCUT2D eigenvalue weighted by molar-refractivity contribution is 0.101. The lowest BCUT2D eigenvalue weighted by Crippen LogP contribution is -2.41. The van der Waals surface area contributed by atoms with Gasteiger partial charge in [0.05, 0.1) is 0 Å². The molecule has 0 unspecified atom stereocenters. The zero-order chi connectivity index (χ0) is 20.9. The Labute approximate surface area is 177 Å². The van der Waals surface area contributed by atoms with Crippen LogP contribution in [0.3, 0.4) is 0 Å². The van der Waals surface area contributed by atoms with E-state index < -0.39 is 0 Å². The number of likely N-dealkylation sites (tertiary alicyclic amines) is 1. The summed E-state index contributed by atoms with van der Waals surface area (Å²) in [5, 5.41) is 2.92. The SMILES string of the molecule is CC(=O)c1cccc(NC(=O)N2CCC(Cc3ccc(-n4cccc4)cc3)CC2)c1. The Morgan fingerprint density at radius 2 is 1.67 bits per heavy atom. The van der Waals surface area contributed by atoms with Crippen molar-refractivity contribution in [1.82, 2.24) is 9.47 Å².